The molecule has 16 heavy (non-hydrogen) atoms. The number of anilines is 1. The second kappa shape index (κ2) is 7.28. The maximum atomic E-state index is 11.3. The van der Waals surface area contributed by atoms with Crippen LogP contribution in [0.2, 0.25) is 0 Å². The molecular weight excluding hydrogens is 222 g/mol. The highest BCUT2D eigenvalue weighted by molar-refractivity contribution is 7.14. The van der Waals surface area contributed by atoms with Crippen molar-refractivity contribution >= 4 is 22.4 Å². The molecule has 0 unspecified atom stereocenters. The van der Waals surface area contributed by atoms with Gasteiger partial charge in [0.2, 0.25) is 0 Å². The molecule has 0 bridgehead atoms. The smallest absolute Gasteiger partial charge is 0.412 e. The molecule has 1 aromatic rings. The van der Waals surface area contributed by atoms with Gasteiger partial charge in [-0.3, -0.25) is 5.32 Å². The maximum absolute atomic E-state index is 11.3. The van der Waals surface area contributed by atoms with Gasteiger partial charge in [0, 0.05) is 0 Å². The van der Waals surface area contributed by atoms with Crippen LogP contribution >= 0.6 is 11.3 Å². The van der Waals surface area contributed by atoms with Gasteiger partial charge in [-0.15, -0.1) is 11.3 Å². The highest BCUT2D eigenvalue weighted by Crippen LogP contribution is 2.25. The highest BCUT2D eigenvalue weighted by atomic mass is 32.1. The lowest BCUT2D eigenvalue weighted by Crippen LogP contribution is -2.13. The van der Waals surface area contributed by atoms with Crippen molar-refractivity contribution in [3.63, 3.8) is 0 Å². The average Bonchev–Trinajstić information content (AvgIpc) is 2.66. The molecule has 0 saturated heterocycles. The zero-order valence-electron chi connectivity index (χ0n) is 9.91. The van der Waals surface area contributed by atoms with Gasteiger partial charge >= 0.3 is 6.09 Å². The van der Waals surface area contributed by atoms with Crippen molar-refractivity contribution in [3.8, 4) is 0 Å². The summed E-state index contributed by atoms with van der Waals surface area (Å²) in [6, 6.07) is 2.07. The fourth-order valence-corrected chi connectivity index (χ4v) is 2.30. The van der Waals surface area contributed by atoms with Crippen molar-refractivity contribution in [2.24, 2.45) is 0 Å². The van der Waals surface area contributed by atoms with E-state index in [-0.39, 0.29) is 6.09 Å². The van der Waals surface area contributed by atoms with Crippen LogP contribution in [0.15, 0.2) is 11.4 Å². The van der Waals surface area contributed by atoms with E-state index < -0.39 is 0 Å². The van der Waals surface area contributed by atoms with Gasteiger partial charge in [0.15, 0.2) is 0 Å². The molecule has 1 heterocycles. The lowest BCUT2D eigenvalue weighted by Gasteiger charge is -2.05. The Bertz CT molecular complexity index is 323. The number of thiophene rings is 1. The molecule has 0 radical (unpaired) electrons. The first-order chi connectivity index (χ1) is 7.77. The minimum Gasteiger partial charge on any atom is -0.450 e. The van der Waals surface area contributed by atoms with Gasteiger partial charge in [-0.2, -0.15) is 0 Å². The van der Waals surface area contributed by atoms with Gasteiger partial charge in [0.1, 0.15) is 5.00 Å². The zero-order chi connectivity index (χ0) is 11.8. The summed E-state index contributed by atoms with van der Waals surface area (Å²) < 4.78 is 4.85. The molecule has 0 aliphatic carbocycles. The first-order valence-electron chi connectivity index (χ1n) is 5.78. The number of hydrogen-bond donors (Lipinski definition) is 1. The van der Waals surface area contributed by atoms with Crippen molar-refractivity contribution in [3.05, 3.63) is 17.0 Å². The summed E-state index contributed by atoms with van der Waals surface area (Å²) in [5.74, 6) is 0. The van der Waals surface area contributed by atoms with E-state index in [2.05, 4.69) is 18.3 Å². The summed E-state index contributed by atoms with van der Waals surface area (Å²) in [4.78, 5) is 11.3. The lowest BCUT2D eigenvalue weighted by atomic mass is 10.1. The van der Waals surface area contributed by atoms with Crippen molar-refractivity contribution in [2.75, 3.05) is 11.9 Å². The van der Waals surface area contributed by atoms with Crippen LogP contribution in [-0.2, 0) is 11.2 Å². The molecule has 1 aromatic heterocycles. The number of aryl methyl sites for hydroxylation is 1. The normalized spacial score (nSPS) is 10.1. The minimum absolute atomic E-state index is 0.360. The van der Waals surface area contributed by atoms with Crippen molar-refractivity contribution in [1.29, 1.82) is 0 Å². The summed E-state index contributed by atoms with van der Waals surface area (Å²) in [7, 11) is 0. The SMILES string of the molecule is CCCCCc1ccsc1NC(=O)OCC. The number of hydrogen-bond acceptors (Lipinski definition) is 3. The van der Waals surface area contributed by atoms with Crippen LogP contribution in [-0.4, -0.2) is 12.7 Å². The highest BCUT2D eigenvalue weighted by Gasteiger charge is 2.08. The zero-order valence-corrected chi connectivity index (χ0v) is 10.7. The number of rotatable bonds is 6. The van der Waals surface area contributed by atoms with E-state index in [1.54, 1.807) is 18.3 Å². The van der Waals surface area contributed by atoms with Gasteiger partial charge in [-0.1, -0.05) is 19.8 Å². The topological polar surface area (TPSA) is 38.3 Å². The predicted octanol–water partition coefficient (Wildman–Crippen LogP) is 4.05. The molecule has 1 N–H and O–H groups in total. The molecule has 0 saturated carbocycles. The Hall–Kier alpha value is -1.03. The first kappa shape index (κ1) is 13.0. The van der Waals surface area contributed by atoms with E-state index >= 15 is 0 Å². The fourth-order valence-electron chi connectivity index (χ4n) is 1.47. The van der Waals surface area contributed by atoms with Crippen LogP contribution in [0.4, 0.5) is 9.80 Å². The Morgan fingerprint density at radius 3 is 2.94 bits per heavy atom. The van der Waals surface area contributed by atoms with Gasteiger partial charge in [0.05, 0.1) is 6.61 Å². The molecule has 1 amide bonds. The van der Waals surface area contributed by atoms with Crippen LogP contribution in [0.3, 0.4) is 0 Å². The Kier molecular flexibility index (Phi) is 5.93. The van der Waals surface area contributed by atoms with E-state index in [1.165, 1.54) is 24.8 Å². The van der Waals surface area contributed by atoms with Crippen LogP contribution in [0.25, 0.3) is 0 Å². The van der Waals surface area contributed by atoms with Crippen molar-refractivity contribution in [1.82, 2.24) is 0 Å². The second-order valence-electron chi connectivity index (χ2n) is 3.58. The predicted molar refractivity (Wildman–Crippen MR) is 68.2 cm³/mol. The molecule has 0 aromatic carbocycles. The summed E-state index contributed by atoms with van der Waals surface area (Å²) in [6.45, 7) is 4.39. The third-order valence-electron chi connectivity index (χ3n) is 2.29. The molecule has 0 spiro atoms. The van der Waals surface area contributed by atoms with Crippen LogP contribution < -0.4 is 5.32 Å². The number of unbranched alkanes of at least 4 members (excludes halogenated alkanes) is 2. The lowest BCUT2D eigenvalue weighted by molar-refractivity contribution is 0.168. The molecule has 90 valence electrons. The number of carbonyl (C=O) groups excluding carboxylic acids is 1. The molecule has 0 aliphatic heterocycles. The summed E-state index contributed by atoms with van der Waals surface area (Å²) >= 11 is 1.55. The third-order valence-corrected chi connectivity index (χ3v) is 3.16. The van der Waals surface area contributed by atoms with Crippen LogP contribution in [0.1, 0.15) is 38.7 Å². The molecular formula is C12H19NO2S. The number of amides is 1. The Labute approximate surface area is 101 Å². The summed E-state index contributed by atoms with van der Waals surface area (Å²) in [6.07, 6.45) is 4.28. The van der Waals surface area contributed by atoms with E-state index in [1.807, 2.05) is 5.38 Å². The molecule has 0 fully saturated rings. The van der Waals surface area contributed by atoms with Gasteiger partial charge in [0.25, 0.3) is 0 Å². The molecule has 0 atom stereocenters. The van der Waals surface area contributed by atoms with Gasteiger partial charge < -0.3 is 4.74 Å². The van der Waals surface area contributed by atoms with E-state index in [9.17, 15) is 4.79 Å². The Morgan fingerprint density at radius 2 is 2.25 bits per heavy atom. The number of nitrogens with one attached hydrogen (secondary N) is 1. The maximum Gasteiger partial charge on any atom is 0.412 e. The number of carbonyl (C=O) groups is 1. The molecule has 0 aliphatic rings. The standard InChI is InChI=1S/C12H19NO2S/c1-3-5-6-7-10-8-9-16-11(10)13-12(14)15-4-2/h8-9H,3-7H2,1-2H3,(H,13,14). The molecule has 4 heteroatoms. The largest absolute Gasteiger partial charge is 0.450 e. The van der Waals surface area contributed by atoms with E-state index in [0.717, 1.165) is 11.4 Å². The van der Waals surface area contributed by atoms with Crippen LogP contribution in [0, 0.1) is 0 Å². The van der Waals surface area contributed by atoms with Crippen LogP contribution in [0.5, 0.6) is 0 Å². The monoisotopic (exact) mass is 241 g/mol. The Morgan fingerprint density at radius 1 is 1.44 bits per heavy atom. The number of ether oxygens (including phenoxy) is 1. The van der Waals surface area contributed by atoms with Crippen molar-refractivity contribution in [2.45, 2.75) is 39.5 Å². The fraction of sp³-hybridized carbons (Fsp3) is 0.583. The first-order valence-corrected chi connectivity index (χ1v) is 6.66. The second-order valence-corrected chi connectivity index (χ2v) is 4.49. The van der Waals surface area contributed by atoms with Gasteiger partial charge in [-0.25, -0.2) is 4.79 Å². The minimum atomic E-state index is -0.360. The summed E-state index contributed by atoms with van der Waals surface area (Å²) in [5, 5.41) is 5.70. The third kappa shape index (κ3) is 4.23. The van der Waals surface area contributed by atoms with E-state index in [0.29, 0.717) is 6.61 Å². The quantitative estimate of drug-likeness (QED) is 0.763. The molecule has 3 nitrogen and oxygen atoms in total. The van der Waals surface area contributed by atoms with E-state index in [4.69, 9.17) is 4.74 Å². The van der Waals surface area contributed by atoms with Gasteiger partial charge in [-0.05, 0) is 36.8 Å². The average molecular weight is 241 g/mol. The summed E-state index contributed by atoms with van der Waals surface area (Å²) in [5.41, 5.74) is 1.21. The van der Waals surface area contributed by atoms with Crippen molar-refractivity contribution < 1.29 is 9.53 Å². The molecule has 1 rings (SSSR count). The Balaban J connectivity index is 2.46.